The fourth-order valence-corrected chi connectivity index (χ4v) is 2.87. The van der Waals surface area contributed by atoms with Crippen molar-refractivity contribution in [3.63, 3.8) is 0 Å². The standard InChI is InChI=1S/C16H21BrN2O2/c1-16(2,3)14-15(21)19(8-7-13(20)18-14)10-11-5-4-6-12(17)9-11/h4-6,9,14H,7-8,10H2,1-3H3,(H,18,20). The Bertz CT molecular complexity index is 551. The number of carbonyl (C=O) groups excluding carboxylic acids is 2. The fourth-order valence-electron chi connectivity index (χ4n) is 2.42. The van der Waals surface area contributed by atoms with Gasteiger partial charge in [0.1, 0.15) is 6.04 Å². The van der Waals surface area contributed by atoms with Gasteiger partial charge in [0.25, 0.3) is 0 Å². The van der Waals surface area contributed by atoms with Crippen LogP contribution in [-0.4, -0.2) is 29.3 Å². The van der Waals surface area contributed by atoms with E-state index in [0.29, 0.717) is 19.5 Å². The van der Waals surface area contributed by atoms with E-state index in [2.05, 4.69) is 21.2 Å². The van der Waals surface area contributed by atoms with Crippen molar-refractivity contribution in [3.8, 4) is 0 Å². The summed E-state index contributed by atoms with van der Waals surface area (Å²) >= 11 is 3.44. The molecule has 0 radical (unpaired) electrons. The van der Waals surface area contributed by atoms with E-state index in [0.717, 1.165) is 10.0 Å². The Morgan fingerprint density at radius 1 is 1.33 bits per heavy atom. The number of rotatable bonds is 2. The number of nitrogens with zero attached hydrogens (tertiary/aromatic N) is 1. The molecule has 1 aliphatic heterocycles. The molecule has 21 heavy (non-hydrogen) atoms. The first kappa shape index (κ1) is 16.0. The molecule has 2 amide bonds. The molecular weight excluding hydrogens is 332 g/mol. The Morgan fingerprint density at radius 2 is 2.05 bits per heavy atom. The number of hydrogen-bond acceptors (Lipinski definition) is 2. The Balaban J connectivity index is 2.21. The number of carbonyl (C=O) groups is 2. The largest absolute Gasteiger partial charge is 0.344 e. The molecule has 4 nitrogen and oxygen atoms in total. The van der Waals surface area contributed by atoms with Crippen molar-refractivity contribution >= 4 is 27.7 Å². The van der Waals surface area contributed by atoms with Gasteiger partial charge in [0.05, 0.1) is 0 Å². The van der Waals surface area contributed by atoms with Crippen LogP contribution >= 0.6 is 15.9 Å². The molecular formula is C16H21BrN2O2. The molecule has 0 aromatic heterocycles. The van der Waals surface area contributed by atoms with Crippen LogP contribution in [0.4, 0.5) is 0 Å². The second kappa shape index (κ2) is 6.18. The summed E-state index contributed by atoms with van der Waals surface area (Å²) in [4.78, 5) is 26.3. The van der Waals surface area contributed by atoms with Crippen LogP contribution in [0.1, 0.15) is 32.8 Å². The molecule has 1 aromatic rings. The Kier molecular flexibility index (Phi) is 4.71. The van der Waals surface area contributed by atoms with E-state index in [-0.39, 0.29) is 17.2 Å². The number of amides is 2. The highest BCUT2D eigenvalue weighted by Gasteiger charge is 2.37. The Hall–Kier alpha value is -1.36. The fraction of sp³-hybridized carbons (Fsp3) is 0.500. The molecule has 114 valence electrons. The zero-order valence-corrected chi connectivity index (χ0v) is 14.2. The summed E-state index contributed by atoms with van der Waals surface area (Å²) in [6.45, 7) is 6.90. The van der Waals surface area contributed by atoms with E-state index in [4.69, 9.17) is 0 Å². The Labute approximate surface area is 134 Å². The molecule has 0 spiro atoms. The molecule has 1 heterocycles. The van der Waals surface area contributed by atoms with Crippen molar-refractivity contribution in [3.05, 3.63) is 34.3 Å². The smallest absolute Gasteiger partial charge is 0.246 e. The molecule has 1 aliphatic rings. The monoisotopic (exact) mass is 352 g/mol. The minimum absolute atomic E-state index is 0.00618. The maximum absolute atomic E-state index is 12.7. The van der Waals surface area contributed by atoms with Gasteiger partial charge < -0.3 is 10.2 Å². The second-order valence-electron chi connectivity index (χ2n) is 6.51. The minimum Gasteiger partial charge on any atom is -0.344 e. The lowest BCUT2D eigenvalue weighted by atomic mass is 9.86. The summed E-state index contributed by atoms with van der Waals surface area (Å²) in [5.41, 5.74) is 0.756. The van der Waals surface area contributed by atoms with Crippen LogP contribution in [-0.2, 0) is 16.1 Å². The molecule has 0 aliphatic carbocycles. The van der Waals surface area contributed by atoms with Gasteiger partial charge in [-0.05, 0) is 23.1 Å². The average Bonchev–Trinajstić information content (AvgIpc) is 2.51. The summed E-state index contributed by atoms with van der Waals surface area (Å²) < 4.78 is 0.990. The van der Waals surface area contributed by atoms with Crippen molar-refractivity contribution in [2.75, 3.05) is 6.54 Å². The maximum Gasteiger partial charge on any atom is 0.246 e. The summed E-state index contributed by atoms with van der Waals surface area (Å²) in [6.07, 6.45) is 0.353. The molecule has 2 rings (SSSR count). The third-order valence-corrected chi connectivity index (χ3v) is 4.09. The molecule has 1 atom stereocenters. The highest BCUT2D eigenvalue weighted by atomic mass is 79.9. The Morgan fingerprint density at radius 3 is 2.67 bits per heavy atom. The predicted octanol–water partition coefficient (Wildman–Crippen LogP) is 2.71. The average molecular weight is 353 g/mol. The van der Waals surface area contributed by atoms with Crippen molar-refractivity contribution < 1.29 is 9.59 Å². The van der Waals surface area contributed by atoms with E-state index >= 15 is 0 Å². The van der Waals surface area contributed by atoms with Crippen LogP contribution in [0.5, 0.6) is 0 Å². The SMILES string of the molecule is CC(C)(C)C1NC(=O)CCN(Cc2cccc(Br)c2)C1=O. The van der Waals surface area contributed by atoms with E-state index in [9.17, 15) is 9.59 Å². The molecule has 1 fully saturated rings. The number of halogens is 1. The van der Waals surface area contributed by atoms with Gasteiger partial charge in [0.15, 0.2) is 0 Å². The third-order valence-electron chi connectivity index (χ3n) is 3.60. The van der Waals surface area contributed by atoms with E-state index < -0.39 is 6.04 Å². The van der Waals surface area contributed by atoms with E-state index in [1.54, 1.807) is 4.90 Å². The first-order valence-corrected chi connectivity index (χ1v) is 7.89. The highest BCUT2D eigenvalue weighted by Crippen LogP contribution is 2.24. The van der Waals surface area contributed by atoms with Gasteiger partial charge in [-0.25, -0.2) is 0 Å². The summed E-state index contributed by atoms with van der Waals surface area (Å²) in [6, 6.07) is 7.42. The van der Waals surface area contributed by atoms with Crippen LogP contribution in [0, 0.1) is 5.41 Å². The normalized spacial score (nSPS) is 20.2. The lowest BCUT2D eigenvalue weighted by Crippen LogP contribution is -2.51. The molecule has 5 heteroatoms. The lowest BCUT2D eigenvalue weighted by molar-refractivity contribution is -0.136. The first-order chi connectivity index (χ1) is 9.77. The number of nitrogens with one attached hydrogen (secondary N) is 1. The van der Waals surface area contributed by atoms with Gasteiger partial charge in [-0.1, -0.05) is 48.8 Å². The van der Waals surface area contributed by atoms with Crippen molar-refractivity contribution in [2.45, 2.75) is 39.8 Å². The third kappa shape index (κ3) is 4.06. The van der Waals surface area contributed by atoms with Gasteiger partial charge in [0, 0.05) is 24.0 Å². The highest BCUT2D eigenvalue weighted by molar-refractivity contribution is 9.10. The second-order valence-corrected chi connectivity index (χ2v) is 7.42. The van der Waals surface area contributed by atoms with Crippen LogP contribution in [0.15, 0.2) is 28.7 Å². The molecule has 1 unspecified atom stereocenters. The molecule has 1 N–H and O–H groups in total. The van der Waals surface area contributed by atoms with Gasteiger partial charge >= 0.3 is 0 Å². The van der Waals surface area contributed by atoms with Gasteiger partial charge in [-0.2, -0.15) is 0 Å². The first-order valence-electron chi connectivity index (χ1n) is 7.10. The summed E-state index contributed by atoms with van der Waals surface area (Å²) in [5, 5.41) is 2.86. The number of hydrogen-bond donors (Lipinski definition) is 1. The maximum atomic E-state index is 12.7. The predicted molar refractivity (Wildman–Crippen MR) is 85.6 cm³/mol. The molecule has 0 bridgehead atoms. The summed E-state index contributed by atoms with van der Waals surface area (Å²) in [5.74, 6) is -0.0617. The van der Waals surface area contributed by atoms with Crippen LogP contribution < -0.4 is 5.32 Å². The van der Waals surface area contributed by atoms with Crippen molar-refractivity contribution in [2.24, 2.45) is 5.41 Å². The minimum atomic E-state index is -0.473. The van der Waals surface area contributed by atoms with Crippen molar-refractivity contribution in [1.82, 2.24) is 10.2 Å². The molecule has 1 aromatic carbocycles. The van der Waals surface area contributed by atoms with Gasteiger partial charge in [-0.3, -0.25) is 9.59 Å². The van der Waals surface area contributed by atoms with Gasteiger partial charge in [0.2, 0.25) is 11.8 Å². The van der Waals surface area contributed by atoms with E-state index in [1.807, 2.05) is 45.0 Å². The topological polar surface area (TPSA) is 49.4 Å². The zero-order chi connectivity index (χ0) is 15.6. The van der Waals surface area contributed by atoms with Crippen LogP contribution in [0.2, 0.25) is 0 Å². The summed E-state index contributed by atoms with van der Waals surface area (Å²) in [7, 11) is 0. The van der Waals surface area contributed by atoms with Crippen LogP contribution in [0.25, 0.3) is 0 Å². The molecule has 0 saturated carbocycles. The van der Waals surface area contributed by atoms with Crippen LogP contribution in [0.3, 0.4) is 0 Å². The van der Waals surface area contributed by atoms with Gasteiger partial charge in [-0.15, -0.1) is 0 Å². The number of benzene rings is 1. The van der Waals surface area contributed by atoms with E-state index in [1.165, 1.54) is 0 Å². The quantitative estimate of drug-likeness (QED) is 0.889. The zero-order valence-electron chi connectivity index (χ0n) is 12.6. The lowest BCUT2D eigenvalue weighted by Gasteiger charge is -2.32. The van der Waals surface area contributed by atoms with Crippen molar-refractivity contribution in [1.29, 1.82) is 0 Å². The molecule has 1 saturated heterocycles.